The largest absolute Gasteiger partial charge is 0.486 e. The molecule has 0 atom stereocenters. The lowest BCUT2D eigenvalue weighted by molar-refractivity contribution is 0.281. The van der Waals surface area contributed by atoms with E-state index in [1.54, 1.807) is 36.7 Å². The molecule has 0 saturated carbocycles. The Balaban J connectivity index is 1.65. The lowest BCUT2D eigenvalue weighted by atomic mass is 10.1. The van der Waals surface area contributed by atoms with Crippen LogP contribution in [0.25, 0.3) is 0 Å². The van der Waals surface area contributed by atoms with Gasteiger partial charge in [-0.05, 0) is 30.2 Å². The van der Waals surface area contributed by atoms with Crippen molar-refractivity contribution in [1.29, 1.82) is 0 Å². The molecule has 26 heavy (non-hydrogen) atoms. The number of anilines is 1. The van der Waals surface area contributed by atoms with Crippen molar-refractivity contribution in [2.45, 2.75) is 13.5 Å². The molecule has 0 aliphatic heterocycles. The fraction of sp³-hybridized carbons (Fsp3) is 0.111. The van der Waals surface area contributed by atoms with Crippen LogP contribution in [0.1, 0.15) is 16.8 Å². The average molecular weight is 360 g/mol. The number of ether oxygens (including phenoxy) is 1. The van der Waals surface area contributed by atoms with Gasteiger partial charge in [0, 0.05) is 0 Å². The predicted molar refractivity (Wildman–Crippen MR) is 91.5 cm³/mol. The second-order valence-corrected chi connectivity index (χ2v) is 5.53. The van der Waals surface area contributed by atoms with Gasteiger partial charge in [0.25, 0.3) is 0 Å². The molecule has 0 radical (unpaired) electrons. The number of rotatable bonds is 5. The van der Waals surface area contributed by atoms with Gasteiger partial charge < -0.3 is 10.5 Å². The van der Waals surface area contributed by atoms with E-state index in [1.807, 2.05) is 6.92 Å². The monoisotopic (exact) mass is 360 g/mol. The molecule has 0 unspecified atom stereocenters. The van der Waals surface area contributed by atoms with E-state index in [4.69, 9.17) is 10.5 Å². The fourth-order valence-corrected chi connectivity index (χ4v) is 2.21. The van der Waals surface area contributed by atoms with Crippen LogP contribution in [0, 0.1) is 24.4 Å². The summed E-state index contributed by atoms with van der Waals surface area (Å²) in [6.45, 7) is 1.82. The molecule has 3 aromatic rings. The molecule has 2 N–H and O–H groups in total. The molecule has 5 nitrogen and oxygen atoms in total. The second-order valence-electron chi connectivity index (χ2n) is 5.53. The zero-order chi connectivity index (χ0) is 18.7. The molecule has 3 rings (SSSR count). The summed E-state index contributed by atoms with van der Waals surface area (Å²) in [4.78, 5) is 4.04. The maximum Gasteiger partial charge on any atom is 0.221 e. The summed E-state index contributed by atoms with van der Waals surface area (Å²) in [5.41, 5.74) is 7.99. The summed E-state index contributed by atoms with van der Waals surface area (Å²) in [5, 5.41) is 4.20. The molecular weight excluding hydrogens is 345 g/mol. The number of imidazole rings is 1. The van der Waals surface area contributed by atoms with Gasteiger partial charge in [-0.25, -0.2) is 18.4 Å². The van der Waals surface area contributed by atoms with Crippen LogP contribution in [0.2, 0.25) is 0 Å². The van der Waals surface area contributed by atoms with Gasteiger partial charge in [0.1, 0.15) is 6.61 Å². The minimum atomic E-state index is -1.55. The zero-order valence-electron chi connectivity index (χ0n) is 13.8. The lowest BCUT2D eigenvalue weighted by Crippen LogP contribution is -2.01. The SMILES string of the molecule is Cc1cn(N=Cc2ccc(COc3ccc(F)c(F)c3F)cc2)c(N)n1. The maximum absolute atomic E-state index is 13.6. The number of benzene rings is 2. The third-order valence-corrected chi connectivity index (χ3v) is 3.54. The maximum atomic E-state index is 13.6. The number of nitrogen functional groups attached to an aromatic ring is 1. The van der Waals surface area contributed by atoms with Crippen molar-refractivity contribution in [2.75, 3.05) is 5.73 Å². The molecule has 134 valence electrons. The summed E-state index contributed by atoms with van der Waals surface area (Å²) in [5.74, 6) is -4.21. The first-order chi connectivity index (χ1) is 12.4. The van der Waals surface area contributed by atoms with Gasteiger partial charge in [0.2, 0.25) is 11.8 Å². The lowest BCUT2D eigenvalue weighted by Gasteiger charge is -2.08. The van der Waals surface area contributed by atoms with Gasteiger partial charge in [0.15, 0.2) is 17.4 Å². The molecule has 0 aliphatic rings. The molecule has 0 fully saturated rings. The Bertz CT molecular complexity index is 952. The first kappa shape index (κ1) is 17.5. The van der Waals surface area contributed by atoms with E-state index in [-0.39, 0.29) is 18.3 Å². The molecule has 0 spiro atoms. The van der Waals surface area contributed by atoms with Crippen LogP contribution in [0.15, 0.2) is 47.7 Å². The first-order valence-electron chi connectivity index (χ1n) is 7.65. The Morgan fingerprint density at radius 3 is 2.50 bits per heavy atom. The summed E-state index contributed by atoms with van der Waals surface area (Å²) in [7, 11) is 0. The highest BCUT2D eigenvalue weighted by molar-refractivity contribution is 5.79. The zero-order valence-corrected chi connectivity index (χ0v) is 13.8. The van der Waals surface area contributed by atoms with Crippen molar-refractivity contribution in [3.8, 4) is 5.75 Å². The minimum absolute atomic E-state index is 0.00702. The Morgan fingerprint density at radius 2 is 1.85 bits per heavy atom. The van der Waals surface area contributed by atoms with E-state index in [2.05, 4.69) is 10.1 Å². The third kappa shape index (κ3) is 3.85. The molecule has 1 aromatic heterocycles. The smallest absolute Gasteiger partial charge is 0.221 e. The number of aryl methyl sites for hydroxylation is 1. The number of aromatic nitrogens is 2. The third-order valence-electron chi connectivity index (χ3n) is 3.54. The van der Waals surface area contributed by atoms with E-state index in [1.165, 1.54) is 4.68 Å². The van der Waals surface area contributed by atoms with Crippen LogP contribution < -0.4 is 10.5 Å². The van der Waals surface area contributed by atoms with E-state index < -0.39 is 17.5 Å². The summed E-state index contributed by atoms with van der Waals surface area (Å²) in [6, 6.07) is 8.93. The predicted octanol–water partition coefficient (Wildman–Crippen LogP) is 3.65. The van der Waals surface area contributed by atoms with Crippen LogP contribution >= 0.6 is 0 Å². The van der Waals surface area contributed by atoms with Gasteiger partial charge in [-0.1, -0.05) is 24.3 Å². The van der Waals surface area contributed by atoms with Crippen LogP contribution in [0.4, 0.5) is 19.1 Å². The van der Waals surface area contributed by atoms with Gasteiger partial charge in [-0.15, -0.1) is 0 Å². The molecule has 1 heterocycles. The summed E-state index contributed by atoms with van der Waals surface area (Å²) in [6.07, 6.45) is 3.31. The Kier molecular flexibility index (Phi) is 4.92. The molecule has 2 aromatic carbocycles. The molecule has 0 saturated heterocycles. The van der Waals surface area contributed by atoms with Crippen LogP contribution in [0.5, 0.6) is 5.75 Å². The summed E-state index contributed by atoms with van der Waals surface area (Å²) >= 11 is 0. The molecular formula is C18H15F3N4O. The Morgan fingerprint density at radius 1 is 1.12 bits per heavy atom. The highest BCUT2D eigenvalue weighted by Gasteiger charge is 2.14. The summed E-state index contributed by atoms with van der Waals surface area (Å²) < 4.78 is 46.3. The minimum Gasteiger partial charge on any atom is -0.486 e. The van der Waals surface area contributed by atoms with Gasteiger partial charge in [-0.2, -0.15) is 9.49 Å². The number of hydrogen-bond donors (Lipinski definition) is 1. The van der Waals surface area contributed by atoms with E-state index >= 15 is 0 Å². The normalized spacial score (nSPS) is 11.2. The Labute approximate surface area is 147 Å². The molecule has 8 heteroatoms. The van der Waals surface area contributed by atoms with Crippen LogP contribution in [0.3, 0.4) is 0 Å². The Hall–Kier alpha value is -3.29. The fourth-order valence-electron chi connectivity index (χ4n) is 2.21. The van der Waals surface area contributed by atoms with Crippen molar-refractivity contribution >= 4 is 12.2 Å². The van der Waals surface area contributed by atoms with Crippen LogP contribution in [-0.4, -0.2) is 15.9 Å². The van der Waals surface area contributed by atoms with Crippen LogP contribution in [-0.2, 0) is 6.61 Å². The van der Waals surface area contributed by atoms with Crippen molar-refractivity contribution in [3.05, 3.63) is 76.9 Å². The number of hydrogen-bond acceptors (Lipinski definition) is 4. The topological polar surface area (TPSA) is 65.4 Å². The van der Waals surface area contributed by atoms with Gasteiger partial charge in [0.05, 0.1) is 18.1 Å². The average Bonchev–Trinajstić information content (AvgIpc) is 2.95. The van der Waals surface area contributed by atoms with E-state index in [0.29, 0.717) is 0 Å². The van der Waals surface area contributed by atoms with Crippen molar-refractivity contribution in [1.82, 2.24) is 9.66 Å². The molecule has 0 aliphatic carbocycles. The molecule has 0 amide bonds. The number of halogens is 3. The van der Waals surface area contributed by atoms with Gasteiger partial charge in [-0.3, -0.25) is 0 Å². The highest BCUT2D eigenvalue weighted by Crippen LogP contribution is 2.22. The van der Waals surface area contributed by atoms with Crippen molar-refractivity contribution in [2.24, 2.45) is 5.10 Å². The first-order valence-corrected chi connectivity index (χ1v) is 7.65. The van der Waals surface area contributed by atoms with E-state index in [0.717, 1.165) is 29.0 Å². The van der Waals surface area contributed by atoms with Gasteiger partial charge >= 0.3 is 0 Å². The number of nitrogens with two attached hydrogens (primary N) is 1. The van der Waals surface area contributed by atoms with Crippen molar-refractivity contribution in [3.63, 3.8) is 0 Å². The quantitative estimate of drug-likeness (QED) is 0.558. The van der Waals surface area contributed by atoms with E-state index in [9.17, 15) is 13.2 Å². The second kappa shape index (κ2) is 7.30. The number of nitrogens with zero attached hydrogens (tertiary/aromatic N) is 3. The standard InChI is InChI=1S/C18H15F3N4O/c1-11-9-25(18(22)24-11)23-8-12-2-4-13(5-3-12)10-26-15-7-6-14(19)16(20)17(15)21/h2-9H,10H2,1H3,(H2,22,24). The van der Waals surface area contributed by atoms with Crippen molar-refractivity contribution < 1.29 is 17.9 Å². The highest BCUT2D eigenvalue weighted by atomic mass is 19.2. The molecule has 0 bridgehead atoms.